The van der Waals surface area contributed by atoms with Gasteiger partial charge in [-0.05, 0) is 37.1 Å². The van der Waals surface area contributed by atoms with Gasteiger partial charge in [0.25, 0.3) is 5.89 Å². The lowest BCUT2D eigenvalue weighted by Gasteiger charge is -2.19. The van der Waals surface area contributed by atoms with Gasteiger partial charge in [-0.2, -0.15) is 4.98 Å². The van der Waals surface area contributed by atoms with Crippen LogP contribution in [0.2, 0.25) is 0 Å². The van der Waals surface area contributed by atoms with E-state index in [1.54, 1.807) is 13.2 Å². The third kappa shape index (κ3) is 4.91. The molecular formula is C20H24N6O. The Kier molecular flexibility index (Phi) is 6.14. The fourth-order valence-electron chi connectivity index (χ4n) is 2.79. The maximum absolute atomic E-state index is 5.27. The lowest BCUT2D eigenvalue weighted by molar-refractivity contribution is 0.421. The average Bonchev–Trinajstić information content (AvgIpc) is 3.17. The number of aromatic nitrogens is 3. The molecule has 1 unspecified atom stereocenters. The van der Waals surface area contributed by atoms with Gasteiger partial charge in [-0.15, -0.1) is 0 Å². The van der Waals surface area contributed by atoms with Gasteiger partial charge in [-0.1, -0.05) is 35.5 Å². The fourth-order valence-corrected chi connectivity index (χ4v) is 2.79. The van der Waals surface area contributed by atoms with Crippen LogP contribution in [0.25, 0.3) is 11.6 Å². The molecule has 0 spiro atoms. The number of nitrogens with one attached hydrogen (secondary N) is 2. The zero-order chi connectivity index (χ0) is 19.1. The van der Waals surface area contributed by atoms with E-state index >= 15 is 0 Å². The lowest BCUT2D eigenvalue weighted by Crippen LogP contribution is -2.39. The predicted molar refractivity (Wildman–Crippen MR) is 105 cm³/mol. The van der Waals surface area contributed by atoms with Crippen molar-refractivity contribution in [1.29, 1.82) is 0 Å². The number of benzene rings is 1. The van der Waals surface area contributed by atoms with E-state index in [1.165, 1.54) is 11.1 Å². The summed E-state index contributed by atoms with van der Waals surface area (Å²) in [5.41, 5.74) is 3.18. The summed E-state index contributed by atoms with van der Waals surface area (Å²) >= 11 is 0. The van der Waals surface area contributed by atoms with Crippen molar-refractivity contribution in [2.24, 2.45) is 4.99 Å². The number of hydrogen-bond acceptors (Lipinski definition) is 5. The molecule has 27 heavy (non-hydrogen) atoms. The van der Waals surface area contributed by atoms with Crippen LogP contribution >= 0.6 is 0 Å². The summed E-state index contributed by atoms with van der Waals surface area (Å²) in [5.74, 6) is 1.80. The summed E-state index contributed by atoms with van der Waals surface area (Å²) in [4.78, 5) is 12.9. The molecule has 0 fully saturated rings. The molecule has 3 rings (SSSR count). The van der Waals surface area contributed by atoms with Crippen LogP contribution < -0.4 is 10.6 Å². The van der Waals surface area contributed by atoms with E-state index < -0.39 is 0 Å². The van der Waals surface area contributed by atoms with E-state index in [4.69, 9.17) is 4.52 Å². The van der Waals surface area contributed by atoms with Crippen LogP contribution in [-0.2, 0) is 6.42 Å². The Morgan fingerprint density at radius 1 is 1.19 bits per heavy atom. The second-order valence-electron chi connectivity index (χ2n) is 6.20. The van der Waals surface area contributed by atoms with Gasteiger partial charge in [-0.3, -0.25) is 9.98 Å². The molecule has 1 atom stereocenters. The van der Waals surface area contributed by atoms with Gasteiger partial charge >= 0.3 is 0 Å². The van der Waals surface area contributed by atoms with E-state index in [0.29, 0.717) is 30.4 Å². The largest absolute Gasteiger partial charge is 0.356 e. The summed E-state index contributed by atoms with van der Waals surface area (Å²) < 4.78 is 5.27. The molecular weight excluding hydrogens is 340 g/mol. The Hall–Kier alpha value is -3.22. The third-order valence-electron chi connectivity index (χ3n) is 4.22. The van der Waals surface area contributed by atoms with Crippen LogP contribution in [0.1, 0.15) is 29.9 Å². The Morgan fingerprint density at radius 3 is 2.74 bits per heavy atom. The van der Waals surface area contributed by atoms with Crippen molar-refractivity contribution in [2.45, 2.75) is 26.3 Å². The Labute approximate surface area is 158 Å². The van der Waals surface area contributed by atoms with Gasteiger partial charge in [0.1, 0.15) is 5.69 Å². The minimum atomic E-state index is 0.151. The lowest BCUT2D eigenvalue weighted by atomic mass is 10.0. The van der Waals surface area contributed by atoms with E-state index in [-0.39, 0.29) is 6.04 Å². The Bertz CT molecular complexity index is 890. The number of aryl methyl sites for hydroxylation is 1. The van der Waals surface area contributed by atoms with Crippen LogP contribution in [-0.4, -0.2) is 34.7 Å². The SMILES string of the molecule is CN=C(NCCc1noc(-c2ccccn2)n1)NC(C)c1ccccc1C. The summed E-state index contributed by atoms with van der Waals surface area (Å²) in [5, 5.41) is 10.7. The molecule has 0 bridgehead atoms. The first-order valence-corrected chi connectivity index (χ1v) is 8.94. The zero-order valence-corrected chi connectivity index (χ0v) is 15.8. The van der Waals surface area contributed by atoms with Gasteiger partial charge in [-0.25, -0.2) is 0 Å². The zero-order valence-electron chi connectivity index (χ0n) is 15.8. The highest BCUT2D eigenvalue weighted by Crippen LogP contribution is 2.16. The highest BCUT2D eigenvalue weighted by Gasteiger charge is 2.11. The van der Waals surface area contributed by atoms with Gasteiger partial charge < -0.3 is 15.2 Å². The van der Waals surface area contributed by atoms with Gasteiger partial charge in [0, 0.05) is 26.2 Å². The van der Waals surface area contributed by atoms with Crippen molar-refractivity contribution < 1.29 is 4.52 Å². The van der Waals surface area contributed by atoms with Crippen LogP contribution in [0.3, 0.4) is 0 Å². The normalized spacial score (nSPS) is 12.6. The number of hydrogen-bond donors (Lipinski definition) is 2. The maximum atomic E-state index is 5.27. The summed E-state index contributed by atoms with van der Waals surface area (Å²) in [6.45, 7) is 4.87. The average molecular weight is 364 g/mol. The molecule has 2 N–H and O–H groups in total. The highest BCUT2D eigenvalue weighted by atomic mass is 16.5. The Balaban J connectivity index is 1.52. The smallest absolute Gasteiger partial charge is 0.276 e. The highest BCUT2D eigenvalue weighted by molar-refractivity contribution is 5.80. The number of guanidine groups is 1. The standard InChI is InChI=1S/C20H24N6O/c1-14-8-4-5-9-16(14)15(2)24-20(21-3)23-13-11-18-25-19(27-26-18)17-10-6-7-12-22-17/h4-10,12,15H,11,13H2,1-3H3,(H2,21,23,24). The molecule has 140 valence electrons. The molecule has 0 amide bonds. The van der Waals surface area contributed by atoms with Crippen molar-refractivity contribution in [2.75, 3.05) is 13.6 Å². The molecule has 2 aromatic heterocycles. The van der Waals surface area contributed by atoms with Crippen LogP contribution in [0.15, 0.2) is 58.2 Å². The Morgan fingerprint density at radius 2 is 2.00 bits per heavy atom. The van der Waals surface area contributed by atoms with Crippen LogP contribution in [0.4, 0.5) is 0 Å². The third-order valence-corrected chi connectivity index (χ3v) is 4.22. The fraction of sp³-hybridized carbons (Fsp3) is 0.300. The molecule has 3 aromatic rings. The second kappa shape index (κ2) is 8.93. The molecule has 0 saturated heterocycles. The van der Waals surface area contributed by atoms with Crippen molar-refractivity contribution in [3.63, 3.8) is 0 Å². The van der Waals surface area contributed by atoms with Crippen molar-refractivity contribution >= 4 is 5.96 Å². The van der Waals surface area contributed by atoms with E-state index in [2.05, 4.69) is 56.7 Å². The topological polar surface area (TPSA) is 88.2 Å². The molecule has 7 nitrogen and oxygen atoms in total. The minimum Gasteiger partial charge on any atom is -0.356 e. The first-order valence-electron chi connectivity index (χ1n) is 8.94. The van der Waals surface area contributed by atoms with Gasteiger partial charge in [0.05, 0.1) is 6.04 Å². The first kappa shape index (κ1) is 18.6. The molecule has 7 heteroatoms. The van der Waals surface area contributed by atoms with Gasteiger partial charge in [0.15, 0.2) is 11.8 Å². The molecule has 2 heterocycles. The number of rotatable bonds is 6. The predicted octanol–water partition coefficient (Wildman–Crippen LogP) is 2.91. The number of nitrogens with zero attached hydrogens (tertiary/aromatic N) is 4. The summed E-state index contributed by atoms with van der Waals surface area (Å²) in [7, 11) is 1.76. The van der Waals surface area contributed by atoms with E-state index in [1.807, 2.05) is 30.3 Å². The molecule has 0 radical (unpaired) electrons. The summed E-state index contributed by atoms with van der Waals surface area (Å²) in [6, 6.07) is 14.1. The maximum Gasteiger partial charge on any atom is 0.276 e. The van der Waals surface area contributed by atoms with Crippen LogP contribution in [0.5, 0.6) is 0 Å². The molecule has 0 aliphatic carbocycles. The molecule has 0 aliphatic rings. The molecule has 0 aliphatic heterocycles. The molecule has 1 aromatic carbocycles. The van der Waals surface area contributed by atoms with Crippen molar-refractivity contribution in [1.82, 2.24) is 25.8 Å². The van der Waals surface area contributed by atoms with Gasteiger partial charge in [0.2, 0.25) is 0 Å². The molecule has 0 saturated carbocycles. The first-order chi connectivity index (χ1) is 13.2. The number of pyridine rings is 1. The van der Waals surface area contributed by atoms with E-state index in [9.17, 15) is 0 Å². The quantitative estimate of drug-likeness (QED) is 0.516. The van der Waals surface area contributed by atoms with Crippen LogP contribution in [0, 0.1) is 6.92 Å². The second-order valence-corrected chi connectivity index (χ2v) is 6.20. The summed E-state index contributed by atoms with van der Waals surface area (Å²) in [6.07, 6.45) is 2.32. The monoisotopic (exact) mass is 364 g/mol. The van der Waals surface area contributed by atoms with Crippen molar-refractivity contribution in [3.05, 3.63) is 65.6 Å². The van der Waals surface area contributed by atoms with Crippen molar-refractivity contribution in [3.8, 4) is 11.6 Å². The number of aliphatic imine (C=N–C) groups is 1. The minimum absolute atomic E-state index is 0.151. The van der Waals surface area contributed by atoms with E-state index in [0.717, 1.165) is 5.96 Å².